The van der Waals surface area contributed by atoms with Gasteiger partial charge in [0.25, 0.3) is 0 Å². The standard InChI is InChI=1S/C11H23N5/c1-7(2)16(8(3)4)11-13-10(14-15-11)9(5)12-6/h7-9,12H,1-6H3,(H,13,14,15)/t9-/m0/s1. The Morgan fingerprint density at radius 1 is 1.12 bits per heavy atom. The first kappa shape index (κ1) is 13.0. The lowest BCUT2D eigenvalue weighted by atomic mass is 10.2. The summed E-state index contributed by atoms with van der Waals surface area (Å²) >= 11 is 0. The summed E-state index contributed by atoms with van der Waals surface area (Å²) in [5, 5.41) is 10.4. The van der Waals surface area contributed by atoms with Crippen LogP contribution in [0.1, 0.15) is 46.5 Å². The van der Waals surface area contributed by atoms with Gasteiger partial charge in [0, 0.05) is 12.1 Å². The van der Waals surface area contributed by atoms with Crippen molar-refractivity contribution in [2.24, 2.45) is 0 Å². The Balaban J connectivity index is 2.90. The smallest absolute Gasteiger partial charge is 0.245 e. The summed E-state index contributed by atoms with van der Waals surface area (Å²) in [6, 6.07) is 0.990. The van der Waals surface area contributed by atoms with Crippen LogP contribution >= 0.6 is 0 Å². The average Bonchev–Trinajstić information content (AvgIpc) is 2.64. The first-order chi connectivity index (χ1) is 7.47. The summed E-state index contributed by atoms with van der Waals surface area (Å²) in [5.74, 6) is 1.66. The van der Waals surface area contributed by atoms with Crippen molar-refractivity contribution < 1.29 is 0 Å². The fraction of sp³-hybridized carbons (Fsp3) is 0.818. The van der Waals surface area contributed by atoms with E-state index in [0.29, 0.717) is 12.1 Å². The Kier molecular flexibility index (Phi) is 4.29. The fourth-order valence-electron chi connectivity index (χ4n) is 1.77. The van der Waals surface area contributed by atoms with Crippen LogP contribution in [0.15, 0.2) is 0 Å². The van der Waals surface area contributed by atoms with Crippen LogP contribution in [0.5, 0.6) is 0 Å². The Labute approximate surface area is 97.6 Å². The Bertz CT molecular complexity index is 310. The maximum Gasteiger partial charge on any atom is 0.245 e. The molecule has 0 spiro atoms. The summed E-state index contributed by atoms with van der Waals surface area (Å²) in [6.07, 6.45) is 0. The number of nitrogens with one attached hydrogen (secondary N) is 2. The van der Waals surface area contributed by atoms with E-state index in [-0.39, 0.29) is 6.04 Å². The van der Waals surface area contributed by atoms with Crippen molar-refractivity contribution in [3.63, 3.8) is 0 Å². The molecule has 0 aromatic carbocycles. The van der Waals surface area contributed by atoms with Gasteiger partial charge in [0.15, 0.2) is 0 Å². The minimum Gasteiger partial charge on any atom is -0.335 e. The van der Waals surface area contributed by atoms with Gasteiger partial charge >= 0.3 is 0 Å². The van der Waals surface area contributed by atoms with Crippen molar-refractivity contribution in [3.05, 3.63) is 5.82 Å². The highest BCUT2D eigenvalue weighted by Crippen LogP contribution is 2.16. The maximum absolute atomic E-state index is 4.52. The molecule has 16 heavy (non-hydrogen) atoms. The molecule has 0 aliphatic heterocycles. The predicted octanol–water partition coefficient (Wildman–Crippen LogP) is 1.71. The van der Waals surface area contributed by atoms with Crippen molar-refractivity contribution in [2.75, 3.05) is 11.9 Å². The van der Waals surface area contributed by atoms with E-state index < -0.39 is 0 Å². The van der Waals surface area contributed by atoms with Crippen molar-refractivity contribution >= 4 is 5.95 Å². The molecule has 0 fully saturated rings. The predicted molar refractivity (Wildman–Crippen MR) is 66.6 cm³/mol. The molecule has 0 bridgehead atoms. The summed E-state index contributed by atoms with van der Waals surface area (Å²) in [6.45, 7) is 10.7. The minimum atomic E-state index is 0.197. The van der Waals surface area contributed by atoms with Gasteiger partial charge in [0.2, 0.25) is 5.95 Å². The van der Waals surface area contributed by atoms with Gasteiger partial charge in [-0.15, -0.1) is 5.10 Å². The zero-order chi connectivity index (χ0) is 12.3. The molecular weight excluding hydrogens is 202 g/mol. The summed E-state index contributed by atoms with van der Waals surface area (Å²) < 4.78 is 0. The molecular formula is C11H23N5. The molecule has 1 aromatic rings. The Hall–Kier alpha value is -1.10. The Morgan fingerprint density at radius 2 is 1.69 bits per heavy atom. The zero-order valence-electron chi connectivity index (χ0n) is 11.1. The van der Waals surface area contributed by atoms with Gasteiger partial charge in [-0.3, -0.25) is 5.10 Å². The van der Waals surface area contributed by atoms with Crippen molar-refractivity contribution in [3.8, 4) is 0 Å². The second-order valence-electron chi connectivity index (χ2n) is 4.63. The van der Waals surface area contributed by atoms with E-state index in [1.807, 2.05) is 7.05 Å². The van der Waals surface area contributed by atoms with Crippen LogP contribution in [0, 0.1) is 0 Å². The van der Waals surface area contributed by atoms with E-state index >= 15 is 0 Å². The molecule has 0 radical (unpaired) electrons. The van der Waals surface area contributed by atoms with Crippen LogP contribution in [0.2, 0.25) is 0 Å². The topological polar surface area (TPSA) is 56.8 Å². The fourth-order valence-corrected chi connectivity index (χ4v) is 1.77. The van der Waals surface area contributed by atoms with Gasteiger partial charge in [0.1, 0.15) is 5.82 Å². The third-order valence-corrected chi connectivity index (χ3v) is 2.68. The third-order valence-electron chi connectivity index (χ3n) is 2.68. The molecule has 1 heterocycles. The molecule has 1 aromatic heterocycles. The van der Waals surface area contributed by atoms with Crippen LogP contribution in [-0.2, 0) is 0 Å². The second-order valence-corrected chi connectivity index (χ2v) is 4.63. The highest BCUT2D eigenvalue weighted by Gasteiger charge is 2.19. The maximum atomic E-state index is 4.52. The number of nitrogens with zero attached hydrogens (tertiary/aromatic N) is 3. The van der Waals surface area contributed by atoms with Crippen LogP contribution in [0.4, 0.5) is 5.95 Å². The highest BCUT2D eigenvalue weighted by molar-refractivity contribution is 5.31. The molecule has 0 aliphatic rings. The zero-order valence-corrected chi connectivity index (χ0v) is 11.1. The number of anilines is 1. The van der Waals surface area contributed by atoms with Crippen molar-refractivity contribution in [1.29, 1.82) is 0 Å². The van der Waals surface area contributed by atoms with Gasteiger partial charge in [0.05, 0.1) is 6.04 Å². The first-order valence-electron chi connectivity index (χ1n) is 5.85. The molecule has 0 saturated carbocycles. The Morgan fingerprint density at radius 3 is 2.12 bits per heavy atom. The van der Waals surface area contributed by atoms with Crippen molar-refractivity contribution in [1.82, 2.24) is 20.5 Å². The number of aromatic amines is 1. The SMILES string of the molecule is CN[C@@H](C)c1nc(N(C(C)C)C(C)C)n[nH]1. The molecule has 0 aliphatic carbocycles. The van der Waals surface area contributed by atoms with Gasteiger partial charge in [-0.05, 0) is 41.7 Å². The van der Waals surface area contributed by atoms with E-state index in [1.165, 1.54) is 0 Å². The quantitative estimate of drug-likeness (QED) is 0.801. The van der Waals surface area contributed by atoms with Gasteiger partial charge < -0.3 is 10.2 Å². The normalized spacial score (nSPS) is 13.5. The molecule has 92 valence electrons. The molecule has 1 atom stereocenters. The molecule has 2 N–H and O–H groups in total. The van der Waals surface area contributed by atoms with Gasteiger partial charge in [-0.2, -0.15) is 4.98 Å². The van der Waals surface area contributed by atoms with Gasteiger partial charge in [-0.1, -0.05) is 0 Å². The summed E-state index contributed by atoms with van der Waals surface area (Å²) in [5.41, 5.74) is 0. The largest absolute Gasteiger partial charge is 0.335 e. The average molecular weight is 225 g/mol. The number of H-pyrrole nitrogens is 1. The first-order valence-corrected chi connectivity index (χ1v) is 5.85. The highest BCUT2D eigenvalue weighted by atomic mass is 15.4. The molecule has 0 unspecified atom stereocenters. The minimum absolute atomic E-state index is 0.197. The van der Waals surface area contributed by atoms with E-state index in [9.17, 15) is 0 Å². The molecule has 0 amide bonds. The van der Waals surface area contributed by atoms with Crippen LogP contribution in [0.25, 0.3) is 0 Å². The number of hydrogen-bond acceptors (Lipinski definition) is 4. The van der Waals surface area contributed by atoms with E-state index in [0.717, 1.165) is 11.8 Å². The second kappa shape index (κ2) is 5.30. The van der Waals surface area contributed by atoms with Crippen molar-refractivity contribution in [2.45, 2.75) is 52.7 Å². The number of aromatic nitrogens is 3. The van der Waals surface area contributed by atoms with Gasteiger partial charge in [-0.25, -0.2) is 0 Å². The van der Waals surface area contributed by atoms with Crippen LogP contribution in [-0.4, -0.2) is 34.3 Å². The van der Waals surface area contributed by atoms with Crippen LogP contribution < -0.4 is 10.2 Å². The molecule has 5 nitrogen and oxygen atoms in total. The summed E-state index contributed by atoms with van der Waals surface area (Å²) in [4.78, 5) is 6.72. The molecule has 0 saturated heterocycles. The van der Waals surface area contributed by atoms with E-state index in [1.54, 1.807) is 0 Å². The third kappa shape index (κ3) is 2.72. The van der Waals surface area contributed by atoms with Crippen LogP contribution in [0.3, 0.4) is 0 Å². The lowest BCUT2D eigenvalue weighted by Crippen LogP contribution is -2.37. The lowest BCUT2D eigenvalue weighted by Gasteiger charge is -2.29. The van der Waals surface area contributed by atoms with E-state index in [2.05, 4.69) is 60.0 Å². The molecule has 5 heteroatoms. The lowest BCUT2D eigenvalue weighted by molar-refractivity contribution is 0.589. The summed E-state index contributed by atoms with van der Waals surface area (Å²) in [7, 11) is 1.91. The molecule has 1 rings (SSSR count). The number of rotatable bonds is 5. The van der Waals surface area contributed by atoms with E-state index in [4.69, 9.17) is 0 Å². The number of hydrogen-bond donors (Lipinski definition) is 2. The monoisotopic (exact) mass is 225 g/mol.